The Labute approximate surface area is 195 Å². The average Bonchev–Trinajstić information content (AvgIpc) is 3.18. The maximum Gasteiger partial charge on any atom is 0.399 e. The number of nitrogens with one attached hydrogen (secondary N) is 2. The van der Waals surface area contributed by atoms with Crippen molar-refractivity contribution in [1.82, 2.24) is 10.3 Å². The first-order chi connectivity index (χ1) is 16.2. The molecule has 0 bridgehead atoms. The van der Waals surface area contributed by atoms with Gasteiger partial charge < -0.3 is 14.5 Å². The van der Waals surface area contributed by atoms with Crippen molar-refractivity contribution < 1.29 is 31.1 Å². The molecule has 1 aromatic heterocycles. The summed E-state index contributed by atoms with van der Waals surface area (Å²) in [4.78, 5) is 16.3. The van der Waals surface area contributed by atoms with Gasteiger partial charge in [-0.05, 0) is 60.6 Å². The Hall–Kier alpha value is -3.47. The largest absolute Gasteiger partial charge is 0.416 e. The molecule has 0 spiro atoms. The number of carbonyl (C=O) groups is 1. The number of oxazole rings is 1. The molecule has 1 saturated carbocycles. The molecule has 1 fully saturated rings. The summed E-state index contributed by atoms with van der Waals surface area (Å²) in [6, 6.07) is 9.67. The number of hydrogen-bond acceptors (Lipinski definition) is 6. The minimum absolute atomic E-state index is 0.00444. The number of amides is 1. The highest BCUT2D eigenvalue weighted by atomic mass is 32.2. The van der Waals surface area contributed by atoms with Crippen molar-refractivity contribution in [3.05, 3.63) is 71.1 Å². The summed E-state index contributed by atoms with van der Waals surface area (Å²) < 4.78 is 63.2. The van der Waals surface area contributed by atoms with Crippen LogP contribution in [0.2, 0.25) is 0 Å². The van der Waals surface area contributed by atoms with Gasteiger partial charge in [-0.25, -0.2) is 17.2 Å². The van der Waals surface area contributed by atoms with E-state index in [1.165, 1.54) is 12.0 Å². The Morgan fingerprint density at radius 2 is 1.94 bits per heavy atom. The van der Waals surface area contributed by atoms with Gasteiger partial charge in [0.25, 0.3) is 5.91 Å². The standard InChI is InChI=1S/C23H23F2N3O5S/c1-34(30,31)28-21-18(24)10-14(11-19(21)25)8-9-26-22(29)20-13-32-23(27-20)33-17-7-3-6-16(12-17)15-4-2-5-15/h3,6-7,10-13,15,28H,2,4-5,8-9H2,1H3,(H,26,29). The fourth-order valence-corrected chi connectivity index (χ4v) is 4.11. The third-order valence-electron chi connectivity index (χ3n) is 5.44. The van der Waals surface area contributed by atoms with Crippen LogP contribution in [-0.4, -0.2) is 32.1 Å². The van der Waals surface area contributed by atoms with E-state index in [1.54, 1.807) is 10.8 Å². The molecule has 0 radical (unpaired) electrons. The topological polar surface area (TPSA) is 111 Å². The smallest absolute Gasteiger partial charge is 0.399 e. The van der Waals surface area contributed by atoms with Gasteiger partial charge in [-0.3, -0.25) is 9.52 Å². The number of rotatable bonds is 9. The fourth-order valence-electron chi connectivity index (χ4n) is 3.55. The number of nitrogens with zero attached hydrogens (tertiary/aromatic N) is 1. The van der Waals surface area contributed by atoms with Crippen LogP contribution in [0.25, 0.3) is 0 Å². The lowest BCUT2D eigenvalue weighted by molar-refractivity contribution is 0.0949. The van der Waals surface area contributed by atoms with E-state index in [9.17, 15) is 22.0 Å². The zero-order valence-corrected chi connectivity index (χ0v) is 19.1. The molecule has 0 unspecified atom stereocenters. The Kier molecular flexibility index (Phi) is 6.82. The average molecular weight is 492 g/mol. The number of hydrogen-bond donors (Lipinski definition) is 2. The van der Waals surface area contributed by atoms with Crippen molar-refractivity contribution in [3.63, 3.8) is 0 Å². The molecule has 2 aromatic carbocycles. The van der Waals surface area contributed by atoms with Crippen LogP contribution in [0.3, 0.4) is 0 Å². The van der Waals surface area contributed by atoms with E-state index >= 15 is 0 Å². The molecule has 8 nitrogen and oxygen atoms in total. The van der Waals surface area contributed by atoms with Crippen LogP contribution < -0.4 is 14.8 Å². The molecule has 4 rings (SSSR count). The minimum atomic E-state index is -3.83. The van der Waals surface area contributed by atoms with Gasteiger partial charge in [0.2, 0.25) is 10.0 Å². The second kappa shape index (κ2) is 9.80. The molecule has 1 aliphatic rings. The zero-order valence-electron chi connectivity index (χ0n) is 18.3. The van der Waals surface area contributed by atoms with E-state index in [0.717, 1.165) is 37.5 Å². The van der Waals surface area contributed by atoms with Crippen LogP contribution in [-0.2, 0) is 16.4 Å². The molecular formula is C23H23F2N3O5S. The van der Waals surface area contributed by atoms with Gasteiger partial charge in [-0.1, -0.05) is 18.6 Å². The van der Waals surface area contributed by atoms with Gasteiger partial charge in [0.1, 0.15) is 17.7 Å². The predicted molar refractivity (Wildman–Crippen MR) is 120 cm³/mol. The van der Waals surface area contributed by atoms with Gasteiger partial charge in [0.05, 0.1) is 6.26 Å². The molecule has 3 aromatic rings. The monoisotopic (exact) mass is 491 g/mol. The minimum Gasteiger partial charge on any atom is -0.416 e. The molecule has 34 heavy (non-hydrogen) atoms. The van der Waals surface area contributed by atoms with Gasteiger partial charge >= 0.3 is 6.08 Å². The number of halogens is 2. The highest BCUT2D eigenvalue weighted by Crippen LogP contribution is 2.37. The van der Waals surface area contributed by atoms with Gasteiger partial charge in [-0.2, -0.15) is 4.98 Å². The van der Waals surface area contributed by atoms with Crippen LogP contribution in [0.15, 0.2) is 47.1 Å². The van der Waals surface area contributed by atoms with Gasteiger partial charge in [0, 0.05) is 6.54 Å². The number of carbonyl (C=O) groups excluding carboxylic acids is 1. The zero-order chi connectivity index (χ0) is 24.3. The fraction of sp³-hybridized carbons (Fsp3) is 0.304. The van der Waals surface area contributed by atoms with E-state index in [4.69, 9.17) is 9.15 Å². The molecule has 180 valence electrons. The summed E-state index contributed by atoms with van der Waals surface area (Å²) in [5.41, 5.74) is 0.685. The number of ether oxygens (including phenoxy) is 1. The predicted octanol–water partition coefficient (Wildman–Crippen LogP) is 4.36. The van der Waals surface area contributed by atoms with Crippen molar-refractivity contribution in [2.24, 2.45) is 0 Å². The normalized spacial score (nSPS) is 13.9. The van der Waals surface area contributed by atoms with Crippen LogP contribution in [0, 0.1) is 11.6 Å². The lowest BCUT2D eigenvalue weighted by atomic mass is 9.80. The lowest BCUT2D eigenvalue weighted by Crippen LogP contribution is -2.26. The Morgan fingerprint density at radius 3 is 2.59 bits per heavy atom. The van der Waals surface area contributed by atoms with Crippen molar-refractivity contribution in [2.75, 3.05) is 17.5 Å². The number of anilines is 1. The first-order valence-electron chi connectivity index (χ1n) is 10.7. The Bertz CT molecular complexity index is 1280. The molecule has 0 atom stereocenters. The summed E-state index contributed by atoms with van der Waals surface area (Å²) in [6.45, 7) is 0.0586. The molecule has 11 heteroatoms. The van der Waals surface area contributed by atoms with Gasteiger partial charge in [-0.15, -0.1) is 0 Å². The lowest BCUT2D eigenvalue weighted by Gasteiger charge is -2.25. The van der Waals surface area contributed by atoms with E-state index < -0.39 is 33.3 Å². The summed E-state index contributed by atoms with van der Waals surface area (Å²) in [7, 11) is -3.83. The second-order valence-corrected chi connectivity index (χ2v) is 9.86. The highest BCUT2D eigenvalue weighted by molar-refractivity contribution is 7.92. The Morgan fingerprint density at radius 1 is 1.21 bits per heavy atom. The van der Waals surface area contributed by atoms with Crippen LogP contribution in [0.4, 0.5) is 14.5 Å². The van der Waals surface area contributed by atoms with Gasteiger partial charge in [0.15, 0.2) is 17.3 Å². The quantitative estimate of drug-likeness (QED) is 0.460. The van der Waals surface area contributed by atoms with E-state index in [0.29, 0.717) is 11.7 Å². The molecule has 1 amide bonds. The molecular weight excluding hydrogens is 468 g/mol. The molecule has 0 saturated heterocycles. The van der Waals surface area contributed by atoms with E-state index in [2.05, 4.69) is 16.4 Å². The maximum atomic E-state index is 14.1. The number of benzene rings is 2. The summed E-state index contributed by atoms with van der Waals surface area (Å²) in [5, 5.41) is 2.58. The first-order valence-corrected chi connectivity index (χ1v) is 12.5. The van der Waals surface area contributed by atoms with E-state index in [1.807, 2.05) is 12.1 Å². The van der Waals surface area contributed by atoms with Crippen molar-refractivity contribution in [1.29, 1.82) is 0 Å². The maximum absolute atomic E-state index is 14.1. The van der Waals surface area contributed by atoms with Crippen molar-refractivity contribution in [3.8, 4) is 11.8 Å². The summed E-state index contributed by atoms with van der Waals surface area (Å²) in [6.07, 6.45) is 5.53. The first kappa shape index (κ1) is 23.7. The Balaban J connectivity index is 1.31. The SMILES string of the molecule is CS(=O)(=O)Nc1c(F)cc(CCNC(=O)c2coc(Oc3cccc(C4CCC4)c3)n2)cc1F. The highest BCUT2D eigenvalue weighted by Gasteiger charge is 2.20. The van der Waals surface area contributed by atoms with Crippen LogP contribution in [0.1, 0.15) is 46.8 Å². The molecule has 1 aliphatic carbocycles. The van der Waals surface area contributed by atoms with E-state index in [-0.39, 0.29) is 30.3 Å². The molecule has 0 aliphatic heterocycles. The summed E-state index contributed by atoms with van der Waals surface area (Å²) in [5.74, 6) is -1.53. The van der Waals surface area contributed by atoms with Crippen molar-refractivity contribution in [2.45, 2.75) is 31.6 Å². The molecule has 2 N–H and O–H groups in total. The number of sulfonamides is 1. The number of aromatic nitrogens is 1. The third kappa shape index (κ3) is 5.90. The summed E-state index contributed by atoms with van der Waals surface area (Å²) >= 11 is 0. The van der Waals surface area contributed by atoms with Crippen LogP contribution >= 0.6 is 0 Å². The third-order valence-corrected chi connectivity index (χ3v) is 6.02. The molecule has 1 heterocycles. The van der Waals surface area contributed by atoms with Crippen molar-refractivity contribution >= 4 is 21.6 Å². The van der Waals surface area contributed by atoms with Crippen LogP contribution in [0.5, 0.6) is 11.8 Å². The second-order valence-electron chi connectivity index (χ2n) is 8.12.